The molecule has 3 rings (SSSR count). The van der Waals surface area contributed by atoms with Gasteiger partial charge in [0.05, 0.1) is 12.1 Å². The van der Waals surface area contributed by atoms with Gasteiger partial charge in [-0.1, -0.05) is 31.9 Å². The maximum Gasteiger partial charge on any atom is 0.416 e. The fourth-order valence-electron chi connectivity index (χ4n) is 3.52. The second-order valence-corrected chi connectivity index (χ2v) is 7.89. The number of unbranched alkanes of at least 4 members (excludes halogenated alkanes) is 2. The van der Waals surface area contributed by atoms with E-state index >= 15 is 0 Å². The van der Waals surface area contributed by atoms with Crippen LogP contribution in [0.25, 0.3) is 0 Å². The van der Waals surface area contributed by atoms with E-state index in [1.165, 1.54) is 24.3 Å². The Morgan fingerprint density at radius 2 is 1.79 bits per heavy atom. The molecule has 0 radical (unpaired) electrons. The molecule has 0 bridgehead atoms. The Kier molecular flexibility index (Phi) is 8.14. The molecule has 1 aromatic heterocycles. The summed E-state index contributed by atoms with van der Waals surface area (Å²) in [6, 6.07) is 14.1. The molecule has 0 saturated carbocycles. The number of halogens is 4. The third-order valence-corrected chi connectivity index (χ3v) is 5.30. The van der Waals surface area contributed by atoms with Gasteiger partial charge >= 0.3 is 12.2 Å². The number of rotatable bonds is 9. The van der Waals surface area contributed by atoms with Gasteiger partial charge in [-0.05, 0) is 60.5 Å². The van der Waals surface area contributed by atoms with E-state index in [2.05, 4.69) is 12.2 Å². The molecule has 1 heterocycles. The number of nitrogens with one attached hydrogen (secondary N) is 1. The van der Waals surface area contributed by atoms with Gasteiger partial charge in [0.15, 0.2) is 0 Å². The average Bonchev–Trinajstić information content (AvgIpc) is 3.19. The van der Waals surface area contributed by atoms with E-state index in [9.17, 15) is 22.4 Å². The van der Waals surface area contributed by atoms with Gasteiger partial charge in [-0.15, -0.1) is 0 Å². The van der Waals surface area contributed by atoms with E-state index in [1.54, 1.807) is 11.0 Å². The lowest BCUT2D eigenvalue weighted by Crippen LogP contribution is -2.36. The summed E-state index contributed by atoms with van der Waals surface area (Å²) in [4.78, 5) is 14.6. The Morgan fingerprint density at radius 3 is 2.45 bits per heavy atom. The molecule has 4 nitrogen and oxygen atoms in total. The van der Waals surface area contributed by atoms with Crippen molar-refractivity contribution in [2.75, 3.05) is 11.9 Å². The van der Waals surface area contributed by atoms with Crippen LogP contribution in [0.4, 0.5) is 28.0 Å². The second-order valence-electron chi connectivity index (χ2n) is 7.89. The molecule has 0 unspecified atom stereocenters. The number of carbonyl (C=O) groups excluding carboxylic acids is 1. The highest BCUT2D eigenvalue weighted by atomic mass is 19.4. The standard InChI is InChI=1S/C25H27F4N3O/c1-2-3-4-14-32(24(33)30-22-12-10-20(11-13-22)25(27,28)29)18-23-9-6-15-31(23)17-19-7-5-8-21(26)16-19/h5-13,15-16H,2-4,14,17-18H2,1H3,(H,30,33). The average molecular weight is 462 g/mol. The molecule has 0 spiro atoms. The smallest absolute Gasteiger partial charge is 0.345 e. The summed E-state index contributed by atoms with van der Waals surface area (Å²) in [7, 11) is 0. The lowest BCUT2D eigenvalue weighted by molar-refractivity contribution is -0.137. The SMILES string of the molecule is CCCCCN(Cc1cccn1Cc1cccc(F)c1)C(=O)Nc1ccc(C(F)(F)F)cc1. The number of amides is 2. The molecule has 0 aliphatic rings. The minimum Gasteiger partial charge on any atom is -0.345 e. The predicted molar refractivity (Wildman–Crippen MR) is 120 cm³/mol. The van der Waals surface area contributed by atoms with Crippen molar-refractivity contribution < 1.29 is 22.4 Å². The van der Waals surface area contributed by atoms with Crippen LogP contribution in [0.1, 0.15) is 43.0 Å². The Balaban J connectivity index is 1.72. The molecule has 176 valence electrons. The van der Waals surface area contributed by atoms with Crippen molar-refractivity contribution in [1.29, 1.82) is 0 Å². The molecule has 0 atom stereocenters. The first kappa shape index (κ1) is 24.4. The summed E-state index contributed by atoms with van der Waals surface area (Å²) in [6.45, 7) is 3.35. The van der Waals surface area contributed by atoms with Crippen molar-refractivity contribution in [3.8, 4) is 0 Å². The lowest BCUT2D eigenvalue weighted by Gasteiger charge is -2.24. The summed E-state index contributed by atoms with van der Waals surface area (Å²) >= 11 is 0. The first-order valence-electron chi connectivity index (χ1n) is 10.9. The topological polar surface area (TPSA) is 37.3 Å². The second kappa shape index (κ2) is 11.0. The van der Waals surface area contributed by atoms with Crippen molar-refractivity contribution >= 4 is 11.7 Å². The summed E-state index contributed by atoms with van der Waals surface area (Å²) in [5.74, 6) is -0.307. The molecule has 2 amide bonds. The van der Waals surface area contributed by atoms with Crippen LogP contribution in [0.3, 0.4) is 0 Å². The number of benzene rings is 2. The molecule has 33 heavy (non-hydrogen) atoms. The number of nitrogens with zero attached hydrogens (tertiary/aromatic N) is 2. The zero-order chi connectivity index (χ0) is 23.8. The van der Waals surface area contributed by atoms with Crippen LogP contribution in [0.5, 0.6) is 0 Å². The number of anilines is 1. The first-order valence-corrected chi connectivity index (χ1v) is 10.9. The van der Waals surface area contributed by atoms with E-state index in [1.807, 2.05) is 29.0 Å². The molecule has 0 aliphatic heterocycles. The fraction of sp³-hybridized carbons (Fsp3) is 0.320. The van der Waals surface area contributed by atoms with E-state index in [4.69, 9.17) is 0 Å². The zero-order valence-corrected chi connectivity index (χ0v) is 18.4. The van der Waals surface area contributed by atoms with Gasteiger partial charge in [-0.2, -0.15) is 13.2 Å². The van der Waals surface area contributed by atoms with E-state index in [0.29, 0.717) is 25.3 Å². The Hall–Kier alpha value is -3.29. The molecule has 1 N–H and O–H groups in total. The van der Waals surface area contributed by atoms with Crippen LogP contribution < -0.4 is 5.32 Å². The number of urea groups is 1. The number of hydrogen-bond acceptors (Lipinski definition) is 1. The van der Waals surface area contributed by atoms with Crippen molar-refractivity contribution in [1.82, 2.24) is 9.47 Å². The van der Waals surface area contributed by atoms with Crippen LogP contribution in [0, 0.1) is 5.82 Å². The summed E-state index contributed by atoms with van der Waals surface area (Å²) in [5, 5.41) is 2.70. The Labute approximate surface area is 190 Å². The van der Waals surface area contributed by atoms with Gasteiger partial charge in [-0.25, -0.2) is 9.18 Å². The Bertz CT molecular complexity index is 1040. The monoisotopic (exact) mass is 461 g/mol. The molecule has 0 saturated heterocycles. The van der Waals surface area contributed by atoms with Gasteiger partial charge in [0, 0.05) is 30.7 Å². The highest BCUT2D eigenvalue weighted by molar-refractivity contribution is 5.89. The highest BCUT2D eigenvalue weighted by Gasteiger charge is 2.30. The van der Waals surface area contributed by atoms with Crippen LogP contribution in [0.2, 0.25) is 0 Å². The van der Waals surface area contributed by atoms with Crippen molar-refractivity contribution in [3.63, 3.8) is 0 Å². The van der Waals surface area contributed by atoms with E-state index in [0.717, 1.165) is 42.7 Å². The molecular formula is C25H27F4N3O. The van der Waals surface area contributed by atoms with Crippen molar-refractivity contribution in [3.05, 3.63) is 89.5 Å². The normalized spacial score (nSPS) is 11.4. The molecule has 0 aliphatic carbocycles. The Morgan fingerprint density at radius 1 is 1.03 bits per heavy atom. The maximum atomic E-state index is 13.5. The number of aromatic nitrogens is 1. The van der Waals surface area contributed by atoms with Gasteiger partial charge in [-0.3, -0.25) is 0 Å². The van der Waals surface area contributed by atoms with Gasteiger partial charge in [0.1, 0.15) is 5.82 Å². The minimum atomic E-state index is -4.43. The van der Waals surface area contributed by atoms with E-state index in [-0.39, 0.29) is 11.8 Å². The zero-order valence-electron chi connectivity index (χ0n) is 18.4. The third-order valence-electron chi connectivity index (χ3n) is 5.30. The van der Waals surface area contributed by atoms with E-state index < -0.39 is 11.7 Å². The van der Waals surface area contributed by atoms with Crippen LogP contribution >= 0.6 is 0 Å². The first-order chi connectivity index (χ1) is 15.8. The molecule has 0 fully saturated rings. The van der Waals surface area contributed by atoms with Crippen LogP contribution in [0.15, 0.2) is 66.9 Å². The quantitative estimate of drug-likeness (QED) is 0.273. The van der Waals surface area contributed by atoms with Crippen LogP contribution in [-0.2, 0) is 19.3 Å². The fourth-order valence-corrected chi connectivity index (χ4v) is 3.52. The number of carbonyl (C=O) groups is 1. The van der Waals surface area contributed by atoms with Gasteiger partial charge < -0.3 is 14.8 Å². The lowest BCUT2D eigenvalue weighted by atomic mass is 10.2. The maximum absolute atomic E-state index is 13.5. The minimum absolute atomic E-state index is 0.295. The number of hydrogen-bond donors (Lipinski definition) is 1. The summed E-state index contributed by atoms with van der Waals surface area (Å²) in [5.41, 5.74) is 1.21. The molecule has 3 aromatic rings. The summed E-state index contributed by atoms with van der Waals surface area (Å²) < 4.78 is 53.9. The highest BCUT2D eigenvalue weighted by Crippen LogP contribution is 2.29. The van der Waals surface area contributed by atoms with Gasteiger partial charge in [0.2, 0.25) is 0 Å². The summed E-state index contributed by atoms with van der Waals surface area (Å²) in [6.07, 6.45) is 0.195. The molecular weight excluding hydrogens is 434 g/mol. The number of alkyl halides is 3. The largest absolute Gasteiger partial charge is 0.416 e. The molecule has 2 aromatic carbocycles. The molecule has 8 heteroatoms. The van der Waals surface area contributed by atoms with Crippen molar-refractivity contribution in [2.24, 2.45) is 0 Å². The van der Waals surface area contributed by atoms with Crippen molar-refractivity contribution in [2.45, 2.75) is 45.5 Å². The van der Waals surface area contributed by atoms with Crippen LogP contribution in [-0.4, -0.2) is 22.0 Å². The third kappa shape index (κ3) is 7.10. The predicted octanol–water partition coefficient (Wildman–Crippen LogP) is 6.92. The van der Waals surface area contributed by atoms with Gasteiger partial charge in [0.25, 0.3) is 0 Å².